The molecule has 1 fully saturated rings. The smallest absolute Gasteiger partial charge is 0.331 e. The van der Waals surface area contributed by atoms with Gasteiger partial charge < -0.3 is 10.4 Å². The van der Waals surface area contributed by atoms with Crippen molar-refractivity contribution in [2.24, 2.45) is 0 Å². The third-order valence-electron chi connectivity index (χ3n) is 2.02. The average molecular weight is 199 g/mol. The summed E-state index contributed by atoms with van der Waals surface area (Å²) in [5.74, 6) is -1.00. The molecule has 0 unspecified atom stereocenters. The molecule has 0 amide bonds. The molecule has 3 N–H and O–H groups in total. The number of nitriles is 1. The van der Waals surface area contributed by atoms with Crippen LogP contribution in [0.1, 0.15) is 12.8 Å². The topological polar surface area (TPSA) is 94.4 Å². The molecule has 1 aliphatic rings. The van der Waals surface area contributed by atoms with Gasteiger partial charge in [-0.25, -0.2) is 4.79 Å². The van der Waals surface area contributed by atoms with Gasteiger partial charge in [-0.3, -0.25) is 4.84 Å². The minimum atomic E-state index is -1.00. The SMILES string of the molecule is N#C[C@@H]1CC[C@@H](NOCC(=O)O)CN1. The van der Waals surface area contributed by atoms with E-state index < -0.39 is 5.97 Å². The first kappa shape index (κ1) is 10.9. The van der Waals surface area contributed by atoms with Crippen LogP contribution in [-0.2, 0) is 9.63 Å². The minimum Gasteiger partial charge on any atom is -0.479 e. The normalized spacial score (nSPS) is 26.8. The van der Waals surface area contributed by atoms with Crippen LogP contribution in [0.2, 0.25) is 0 Å². The monoisotopic (exact) mass is 199 g/mol. The summed E-state index contributed by atoms with van der Waals surface area (Å²) in [5.41, 5.74) is 2.64. The summed E-state index contributed by atoms with van der Waals surface area (Å²) in [5, 5.41) is 19.9. The van der Waals surface area contributed by atoms with E-state index in [0.29, 0.717) is 6.54 Å². The van der Waals surface area contributed by atoms with Gasteiger partial charge in [0.1, 0.15) is 0 Å². The van der Waals surface area contributed by atoms with Crippen LogP contribution in [0.25, 0.3) is 0 Å². The van der Waals surface area contributed by atoms with Gasteiger partial charge in [0.25, 0.3) is 0 Å². The van der Waals surface area contributed by atoms with Crippen molar-refractivity contribution in [3.63, 3.8) is 0 Å². The van der Waals surface area contributed by atoms with Gasteiger partial charge in [0, 0.05) is 12.6 Å². The fourth-order valence-electron chi connectivity index (χ4n) is 1.29. The zero-order valence-electron chi connectivity index (χ0n) is 7.69. The number of piperidine rings is 1. The van der Waals surface area contributed by atoms with Crippen LogP contribution >= 0.6 is 0 Å². The van der Waals surface area contributed by atoms with E-state index in [9.17, 15) is 4.79 Å². The van der Waals surface area contributed by atoms with Crippen molar-refractivity contribution in [2.45, 2.75) is 24.9 Å². The fourth-order valence-corrected chi connectivity index (χ4v) is 1.29. The number of carboxylic acids is 1. The van der Waals surface area contributed by atoms with Gasteiger partial charge in [-0.05, 0) is 12.8 Å². The zero-order valence-corrected chi connectivity index (χ0v) is 7.69. The van der Waals surface area contributed by atoms with Crippen molar-refractivity contribution in [1.82, 2.24) is 10.8 Å². The fraction of sp³-hybridized carbons (Fsp3) is 0.750. The van der Waals surface area contributed by atoms with E-state index in [2.05, 4.69) is 16.9 Å². The Labute approximate surface area is 81.8 Å². The summed E-state index contributed by atoms with van der Waals surface area (Å²) < 4.78 is 0. The van der Waals surface area contributed by atoms with E-state index in [1.807, 2.05) is 0 Å². The van der Waals surface area contributed by atoms with Crippen LogP contribution in [0.4, 0.5) is 0 Å². The van der Waals surface area contributed by atoms with Crippen molar-refractivity contribution < 1.29 is 14.7 Å². The highest BCUT2D eigenvalue weighted by Gasteiger charge is 2.19. The third kappa shape index (κ3) is 3.70. The van der Waals surface area contributed by atoms with Crippen molar-refractivity contribution in [3.05, 3.63) is 0 Å². The molecule has 0 aromatic heterocycles. The average Bonchev–Trinajstić information content (AvgIpc) is 2.18. The molecule has 0 bridgehead atoms. The van der Waals surface area contributed by atoms with E-state index in [4.69, 9.17) is 15.2 Å². The number of carbonyl (C=O) groups is 1. The van der Waals surface area contributed by atoms with Crippen LogP contribution in [0.15, 0.2) is 0 Å². The van der Waals surface area contributed by atoms with Crippen LogP contribution in [-0.4, -0.2) is 36.3 Å². The zero-order chi connectivity index (χ0) is 10.4. The van der Waals surface area contributed by atoms with E-state index in [1.54, 1.807) is 0 Å². The standard InChI is InChI=1S/C8H13N3O3/c9-3-6-1-2-7(4-10-6)11-14-5-8(12)13/h6-7,10-11H,1-2,4-5H2,(H,12,13)/t6-,7+/m0/s1. The van der Waals surface area contributed by atoms with Gasteiger partial charge in [-0.2, -0.15) is 10.7 Å². The van der Waals surface area contributed by atoms with Crippen molar-refractivity contribution in [1.29, 1.82) is 5.26 Å². The number of rotatable bonds is 4. The Morgan fingerprint density at radius 1 is 1.71 bits per heavy atom. The van der Waals surface area contributed by atoms with E-state index in [-0.39, 0.29) is 18.7 Å². The lowest BCUT2D eigenvalue weighted by Crippen LogP contribution is -2.47. The Bertz CT molecular complexity index is 230. The van der Waals surface area contributed by atoms with Crippen LogP contribution < -0.4 is 10.8 Å². The number of nitrogens with zero attached hydrogens (tertiary/aromatic N) is 1. The number of aliphatic carboxylic acids is 1. The highest BCUT2D eigenvalue weighted by molar-refractivity contribution is 5.67. The summed E-state index contributed by atoms with van der Waals surface area (Å²) in [7, 11) is 0. The molecule has 1 saturated heterocycles. The highest BCUT2D eigenvalue weighted by Crippen LogP contribution is 2.06. The Balaban J connectivity index is 2.10. The van der Waals surface area contributed by atoms with Gasteiger partial charge in [0.05, 0.1) is 12.1 Å². The van der Waals surface area contributed by atoms with Gasteiger partial charge in [0.15, 0.2) is 6.61 Å². The van der Waals surface area contributed by atoms with E-state index in [1.165, 1.54) is 0 Å². The highest BCUT2D eigenvalue weighted by atomic mass is 16.7. The molecule has 6 nitrogen and oxygen atoms in total. The lowest BCUT2D eigenvalue weighted by molar-refractivity contribution is -0.146. The maximum atomic E-state index is 10.1. The number of carboxylic acid groups (broad SMARTS) is 1. The molecule has 0 aromatic rings. The van der Waals surface area contributed by atoms with Crippen molar-refractivity contribution in [2.75, 3.05) is 13.2 Å². The van der Waals surface area contributed by atoms with E-state index in [0.717, 1.165) is 12.8 Å². The molecule has 0 aromatic carbocycles. The number of nitrogens with one attached hydrogen (secondary N) is 2. The van der Waals surface area contributed by atoms with E-state index >= 15 is 0 Å². The molecule has 0 saturated carbocycles. The van der Waals surface area contributed by atoms with Crippen LogP contribution in [0.5, 0.6) is 0 Å². The molecule has 14 heavy (non-hydrogen) atoms. The molecule has 1 rings (SSSR count). The first-order valence-electron chi connectivity index (χ1n) is 4.44. The van der Waals surface area contributed by atoms with Crippen LogP contribution in [0, 0.1) is 11.3 Å². The second kappa shape index (κ2) is 5.54. The Morgan fingerprint density at radius 2 is 2.50 bits per heavy atom. The molecule has 0 spiro atoms. The second-order valence-electron chi connectivity index (χ2n) is 3.16. The minimum absolute atomic E-state index is 0.0824. The van der Waals surface area contributed by atoms with Gasteiger partial charge >= 0.3 is 5.97 Å². The Kier molecular flexibility index (Phi) is 4.32. The second-order valence-corrected chi connectivity index (χ2v) is 3.16. The Morgan fingerprint density at radius 3 is 3.00 bits per heavy atom. The maximum absolute atomic E-state index is 10.1. The lowest BCUT2D eigenvalue weighted by Gasteiger charge is -2.26. The molecule has 78 valence electrons. The van der Waals surface area contributed by atoms with Crippen molar-refractivity contribution in [3.8, 4) is 6.07 Å². The molecule has 1 aliphatic heterocycles. The summed E-state index contributed by atoms with van der Waals surface area (Å²) >= 11 is 0. The van der Waals surface area contributed by atoms with Gasteiger partial charge in [0.2, 0.25) is 0 Å². The largest absolute Gasteiger partial charge is 0.479 e. The third-order valence-corrected chi connectivity index (χ3v) is 2.02. The van der Waals surface area contributed by atoms with Crippen LogP contribution in [0.3, 0.4) is 0 Å². The first-order valence-corrected chi connectivity index (χ1v) is 4.44. The molecule has 2 atom stereocenters. The number of hydroxylamine groups is 1. The molecule has 6 heteroatoms. The van der Waals surface area contributed by atoms with Crippen molar-refractivity contribution >= 4 is 5.97 Å². The summed E-state index contributed by atoms with van der Waals surface area (Å²) in [4.78, 5) is 14.8. The molecular weight excluding hydrogens is 186 g/mol. The summed E-state index contributed by atoms with van der Waals surface area (Å²) in [6.07, 6.45) is 1.56. The van der Waals surface area contributed by atoms with Gasteiger partial charge in [-0.1, -0.05) is 0 Å². The maximum Gasteiger partial charge on any atom is 0.331 e. The number of hydrogen-bond acceptors (Lipinski definition) is 5. The quantitative estimate of drug-likeness (QED) is 0.515. The molecule has 0 aliphatic carbocycles. The molecule has 0 radical (unpaired) electrons. The predicted octanol–water partition coefficient (Wildman–Crippen LogP) is -0.764. The molecule has 1 heterocycles. The lowest BCUT2D eigenvalue weighted by atomic mass is 10.0. The summed E-state index contributed by atoms with van der Waals surface area (Å²) in [6.45, 7) is 0.274. The van der Waals surface area contributed by atoms with Gasteiger partial charge in [-0.15, -0.1) is 0 Å². The number of hydrogen-bond donors (Lipinski definition) is 3. The molecular formula is C8H13N3O3. The summed E-state index contributed by atoms with van der Waals surface area (Å²) in [6, 6.07) is 2.12. The predicted molar refractivity (Wildman–Crippen MR) is 47.1 cm³/mol. The first-order chi connectivity index (χ1) is 6.72. The Hall–Kier alpha value is -1.16.